The summed E-state index contributed by atoms with van der Waals surface area (Å²) in [6.45, 7) is 0. The van der Waals surface area contributed by atoms with Crippen LogP contribution in [0.15, 0.2) is 188 Å². The summed E-state index contributed by atoms with van der Waals surface area (Å²) in [6.07, 6.45) is 0. The van der Waals surface area contributed by atoms with Crippen LogP contribution in [-0.4, -0.2) is 24.1 Å². The zero-order valence-corrected chi connectivity index (χ0v) is 32.0. The number of benzene rings is 8. The van der Waals surface area contributed by atoms with Crippen LogP contribution < -0.4 is 0 Å². The van der Waals surface area contributed by atoms with Gasteiger partial charge in [0.2, 0.25) is 0 Å². The van der Waals surface area contributed by atoms with Crippen molar-refractivity contribution in [3.8, 4) is 68.8 Å². The van der Waals surface area contributed by atoms with Crippen molar-refractivity contribution in [3.05, 3.63) is 199 Å². The molecule has 0 aliphatic heterocycles. The van der Waals surface area contributed by atoms with Gasteiger partial charge in [0, 0.05) is 43.8 Å². The third-order valence-corrected chi connectivity index (χ3v) is 11.2. The van der Waals surface area contributed by atoms with Crippen molar-refractivity contribution in [1.82, 2.24) is 24.1 Å². The predicted octanol–water partition coefficient (Wildman–Crippen LogP) is 12.5. The first kappa shape index (κ1) is 34.6. The van der Waals surface area contributed by atoms with E-state index in [1.807, 2.05) is 115 Å². The number of hydrogen-bond donors (Lipinski definition) is 0. The molecule has 0 aliphatic carbocycles. The van der Waals surface area contributed by atoms with E-state index < -0.39 is 0 Å². The van der Waals surface area contributed by atoms with E-state index in [2.05, 4.69) is 94.1 Å². The highest BCUT2D eigenvalue weighted by atomic mass is 15.1. The van der Waals surface area contributed by atoms with E-state index in [1.165, 1.54) is 0 Å². The second-order valence-electron chi connectivity index (χ2n) is 14.7. The highest BCUT2D eigenvalue weighted by Gasteiger charge is 2.22. The van der Waals surface area contributed by atoms with E-state index in [9.17, 15) is 10.5 Å². The summed E-state index contributed by atoms with van der Waals surface area (Å²) in [5, 5.41) is 23.8. The van der Waals surface area contributed by atoms with Crippen molar-refractivity contribution >= 4 is 43.6 Å². The van der Waals surface area contributed by atoms with Crippen molar-refractivity contribution in [2.45, 2.75) is 0 Å². The van der Waals surface area contributed by atoms with Gasteiger partial charge in [0.1, 0.15) is 0 Å². The minimum absolute atomic E-state index is 0.525. The standard InChI is InChI=1S/C53H31N7/c54-32-34-23-26-48-42(29-34)40-18-8-11-21-46(40)59(48)45-20-10-7-17-39(45)38-25-28-50(60-47-22-12-9-19-41(47)43-30-35(33-55)24-27-49(43)60)44(31-38)53-57-51(36-13-3-1-4-14-36)56-52(58-53)37-15-5-2-6-16-37/h1-31H. The Morgan fingerprint density at radius 1 is 0.333 bits per heavy atom. The minimum Gasteiger partial charge on any atom is -0.309 e. The number of rotatable bonds is 6. The summed E-state index contributed by atoms with van der Waals surface area (Å²) in [4.78, 5) is 15.5. The lowest BCUT2D eigenvalue weighted by Gasteiger charge is -2.18. The van der Waals surface area contributed by atoms with E-state index in [-0.39, 0.29) is 0 Å². The number of fused-ring (bicyclic) bond motifs is 6. The molecule has 0 fully saturated rings. The van der Waals surface area contributed by atoms with E-state index in [0.717, 1.165) is 82.8 Å². The van der Waals surface area contributed by atoms with Crippen molar-refractivity contribution in [3.63, 3.8) is 0 Å². The Morgan fingerprint density at radius 2 is 0.783 bits per heavy atom. The van der Waals surface area contributed by atoms with Crippen LogP contribution in [-0.2, 0) is 0 Å². The summed E-state index contributed by atoms with van der Waals surface area (Å²) in [6, 6.07) is 68.1. The molecule has 7 nitrogen and oxygen atoms in total. The third-order valence-electron chi connectivity index (χ3n) is 11.2. The number of nitrogens with zero attached hydrogens (tertiary/aromatic N) is 7. The van der Waals surface area contributed by atoms with Crippen molar-refractivity contribution in [2.75, 3.05) is 0 Å². The largest absolute Gasteiger partial charge is 0.309 e. The first-order chi connectivity index (χ1) is 29.7. The number of aromatic nitrogens is 5. The molecule has 7 heteroatoms. The van der Waals surface area contributed by atoms with Crippen LogP contribution in [0.3, 0.4) is 0 Å². The minimum atomic E-state index is 0.525. The van der Waals surface area contributed by atoms with Gasteiger partial charge in [-0.05, 0) is 72.3 Å². The van der Waals surface area contributed by atoms with Crippen LogP contribution in [0.2, 0.25) is 0 Å². The second-order valence-corrected chi connectivity index (χ2v) is 14.7. The van der Waals surface area contributed by atoms with Gasteiger partial charge in [-0.2, -0.15) is 10.5 Å². The first-order valence-electron chi connectivity index (χ1n) is 19.6. The zero-order chi connectivity index (χ0) is 40.2. The molecule has 3 heterocycles. The van der Waals surface area contributed by atoms with Crippen LogP contribution in [0, 0.1) is 22.7 Å². The molecular weight excluding hydrogens is 735 g/mol. The summed E-state index contributed by atoms with van der Waals surface area (Å²) < 4.78 is 4.54. The molecule has 0 radical (unpaired) electrons. The summed E-state index contributed by atoms with van der Waals surface area (Å²) >= 11 is 0. The van der Waals surface area contributed by atoms with Crippen molar-refractivity contribution in [1.29, 1.82) is 10.5 Å². The van der Waals surface area contributed by atoms with Crippen molar-refractivity contribution in [2.24, 2.45) is 0 Å². The molecule has 0 bridgehead atoms. The molecule has 0 saturated carbocycles. The van der Waals surface area contributed by atoms with Gasteiger partial charge >= 0.3 is 0 Å². The average molecular weight is 766 g/mol. The molecule has 3 aromatic heterocycles. The topological polar surface area (TPSA) is 96.1 Å². The van der Waals surface area contributed by atoms with Gasteiger partial charge in [0.05, 0.1) is 56.7 Å². The van der Waals surface area contributed by atoms with Gasteiger partial charge in [0.25, 0.3) is 0 Å². The number of hydrogen-bond acceptors (Lipinski definition) is 5. The Morgan fingerprint density at radius 3 is 1.33 bits per heavy atom. The molecular formula is C53H31N7. The maximum atomic E-state index is 9.90. The Balaban J connectivity index is 1.22. The van der Waals surface area contributed by atoms with E-state index in [4.69, 9.17) is 15.0 Å². The Hall–Kier alpha value is -8.65. The molecule has 0 amide bonds. The Labute approximate surface area is 345 Å². The predicted molar refractivity (Wildman–Crippen MR) is 240 cm³/mol. The van der Waals surface area contributed by atoms with Crippen LogP contribution in [0.4, 0.5) is 0 Å². The maximum Gasteiger partial charge on any atom is 0.166 e. The van der Waals surface area contributed by atoms with Crippen LogP contribution >= 0.6 is 0 Å². The molecule has 278 valence electrons. The van der Waals surface area contributed by atoms with Gasteiger partial charge in [-0.1, -0.05) is 121 Å². The van der Waals surface area contributed by atoms with Crippen LogP contribution in [0.25, 0.3) is 100 Å². The van der Waals surface area contributed by atoms with Gasteiger partial charge in [-0.15, -0.1) is 0 Å². The fourth-order valence-corrected chi connectivity index (χ4v) is 8.52. The zero-order valence-electron chi connectivity index (χ0n) is 32.0. The van der Waals surface area contributed by atoms with Gasteiger partial charge in [-0.25, -0.2) is 15.0 Å². The van der Waals surface area contributed by atoms with E-state index in [1.54, 1.807) is 0 Å². The fraction of sp³-hybridized carbons (Fsp3) is 0. The summed E-state index contributed by atoms with van der Waals surface area (Å²) in [7, 11) is 0. The SMILES string of the molecule is N#Cc1ccc2c(c1)c1ccccc1n2-c1ccccc1-c1ccc(-n2c3ccccc3c3cc(C#N)ccc32)c(-c2nc(-c3ccccc3)nc(-c3ccccc3)n2)c1. The normalized spacial score (nSPS) is 11.3. The molecule has 0 unspecified atom stereocenters. The highest BCUT2D eigenvalue weighted by Crippen LogP contribution is 2.41. The smallest absolute Gasteiger partial charge is 0.166 e. The summed E-state index contributed by atoms with van der Waals surface area (Å²) in [5.41, 5.74) is 11.7. The van der Waals surface area contributed by atoms with E-state index >= 15 is 0 Å². The molecule has 0 aliphatic rings. The highest BCUT2D eigenvalue weighted by molar-refractivity contribution is 6.11. The fourth-order valence-electron chi connectivity index (χ4n) is 8.52. The quantitative estimate of drug-likeness (QED) is 0.168. The monoisotopic (exact) mass is 765 g/mol. The second kappa shape index (κ2) is 14.1. The molecule has 0 N–H and O–H groups in total. The number of nitriles is 2. The first-order valence-corrected chi connectivity index (χ1v) is 19.6. The number of para-hydroxylation sites is 3. The molecule has 8 aromatic carbocycles. The van der Waals surface area contributed by atoms with Crippen LogP contribution in [0.1, 0.15) is 11.1 Å². The molecule has 0 saturated heterocycles. The van der Waals surface area contributed by atoms with Gasteiger partial charge in [-0.3, -0.25) is 0 Å². The van der Waals surface area contributed by atoms with Gasteiger partial charge < -0.3 is 9.13 Å². The van der Waals surface area contributed by atoms with Crippen LogP contribution in [0.5, 0.6) is 0 Å². The lowest BCUT2D eigenvalue weighted by atomic mass is 9.99. The molecule has 11 rings (SSSR count). The van der Waals surface area contributed by atoms with Crippen molar-refractivity contribution < 1.29 is 0 Å². The third kappa shape index (κ3) is 5.61. The Kier molecular flexibility index (Phi) is 8.11. The van der Waals surface area contributed by atoms with Gasteiger partial charge in [0.15, 0.2) is 17.5 Å². The lowest BCUT2D eigenvalue weighted by Crippen LogP contribution is -2.04. The molecule has 0 spiro atoms. The summed E-state index contributed by atoms with van der Waals surface area (Å²) in [5.74, 6) is 1.66. The maximum absolute atomic E-state index is 9.90. The van der Waals surface area contributed by atoms with E-state index in [0.29, 0.717) is 28.6 Å². The molecule has 60 heavy (non-hydrogen) atoms. The molecule has 11 aromatic rings. The lowest BCUT2D eigenvalue weighted by molar-refractivity contribution is 1.06. The average Bonchev–Trinajstić information content (AvgIpc) is 3.83. The molecule has 0 atom stereocenters. The Bertz CT molecular complexity index is 3510.